The summed E-state index contributed by atoms with van der Waals surface area (Å²) < 4.78 is 10.9. The van der Waals surface area contributed by atoms with Gasteiger partial charge < -0.3 is 20.5 Å². The first-order valence-electron chi connectivity index (χ1n) is 8.90. The molecule has 0 radical (unpaired) electrons. The number of aryl methyl sites for hydroxylation is 1. The summed E-state index contributed by atoms with van der Waals surface area (Å²) in [5.74, 6) is 0.789. The number of rotatable bonds is 6. The second kappa shape index (κ2) is 8.00. The van der Waals surface area contributed by atoms with Gasteiger partial charge in [0.15, 0.2) is 18.1 Å². The Bertz CT molecular complexity index is 875. The summed E-state index contributed by atoms with van der Waals surface area (Å²) in [7, 11) is 1.55. The fraction of sp³-hybridized carbons (Fsp3) is 0.400. The van der Waals surface area contributed by atoms with Gasteiger partial charge in [-0.25, -0.2) is 0 Å². The van der Waals surface area contributed by atoms with Gasteiger partial charge in [0.2, 0.25) is 0 Å². The molecule has 2 aromatic rings. The molecule has 1 aliphatic carbocycles. The maximum absolute atomic E-state index is 12.4. The van der Waals surface area contributed by atoms with Gasteiger partial charge in [0.1, 0.15) is 5.00 Å². The fourth-order valence-electron chi connectivity index (χ4n) is 3.30. The van der Waals surface area contributed by atoms with E-state index in [0.29, 0.717) is 28.0 Å². The Morgan fingerprint density at radius 3 is 2.81 bits per heavy atom. The number of amides is 2. The van der Waals surface area contributed by atoms with Gasteiger partial charge in [-0.2, -0.15) is 0 Å². The highest BCUT2D eigenvalue weighted by atomic mass is 32.1. The highest BCUT2D eigenvalue weighted by Gasteiger charge is 2.27. The van der Waals surface area contributed by atoms with Crippen molar-refractivity contribution in [3.63, 3.8) is 0 Å². The number of hydrogen-bond donors (Lipinski definition) is 2. The zero-order chi connectivity index (χ0) is 19.6. The van der Waals surface area contributed by atoms with E-state index in [0.717, 1.165) is 35.3 Å². The molecule has 27 heavy (non-hydrogen) atoms. The van der Waals surface area contributed by atoms with Crippen LogP contribution in [0.4, 0.5) is 5.00 Å². The van der Waals surface area contributed by atoms with Crippen LogP contribution in [0.25, 0.3) is 0 Å². The van der Waals surface area contributed by atoms with E-state index in [1.807, 2.05) is 19.1 Å². The van der Waals surface area contributed by atoms with Crippen LogP contribution in [-0.4, -0.2) is 25.5 Å². The van der Waals surface area contributed by atoms with E-state index in [1.165, 1.54) is 11.3 Å². The summed E-state index contributed by atoms with van der Waals surface area (Å²) in [5.41, 5.74) is 8.05. The first-order valence-corrected chi connectivity index (χ1v) is 9.72. The molecule has 0 saturated carbocycles. The normalized spacial score (nSPS) is 15.7. The van der Waals surface area contributed by atoms with E-state index in [4.69, 9.17) is 15.2 Å². The zero-order valence-corrected chi connectivity index (χ0v) is 16.6. The molecule has 3 N–H and O–H groups in total. The molecular formula is C20H24N2O4S. The molecule has 1 atom stereocenters. The van der Waals surface area contributed by atoms with Crippen LogP contribution in [0.1, 0.15) is 39.7 Å². The Morgan fingerprint density at radius 2 is 2.11 bits per heavy atom. The van der Waals surface area contributed by atoms with E-state index in [-0.39, 0.29) is 12.5 Å². The fourth-order valence-corrected chi connectivity index (χ4v) is 4.73. The van der Waals surface area contributed by atoms with E-state index in [1.54, 1.807) is 13.2 Å². The van der Waals surface area contributed by atoms with Crippen LogP contribution < -0.4 is 20.5 Å². The summed E-state index contributed by atoms with van der Waals surface area (Å²) in [5, 5.41) is 3.32. The van der Waals surface area contributed by atoms with Gasteiger partial charge >= 0.3 is 0 Å². The van der Waals surface area contributed by atoms with E-state index >= 15 is 0 Å². The lowest BCUT2D eigenvalue weighted by atomic mass is 9.88. The van der Waals surface area contributed by atoms with Crippen molar-refractivity contribution in [3.8, 4) is 11.5 Å². The molecule has 0 unspecified atom stereocenters. The third kappa shape index (κ3) is 4.24. The third-order valence-corrected chi connectivity index (χ3v) is 5.86. The lowest BCUT2D eigenvalue weighted by Gasteiger charge is -2.18. The number of ether oxygens (including phenoxy) is 2. The number of carbonyl (C=O) groups excluding carboxylic acids is 2. The Kier molecular flexibility index (Phi) is 5.70. The van der Waals surface area contributed by atoms with E-state index < -0.39 is 5.91 Å². The largest absolute Gasteiger partial charge is 0.493 e. The predicted octanol–water partition coefficient (Wildman–Crippen LogP) is 3.31. The van der Waals surface area contributed by atoms with Crippen molar-refractivity contribution in [3.05, 3.63) is 39.8 Å². The topological polar surface area (TPSA) is 90.7 Å². The number of anilines is 1. The van der Waals surface area contributed by atoms with Crippen LogP contribution in [0.15, 0.2) is 18.2 Å². The van der Waals surface area contributed by atoms with Crippen molar-refractivity contribution >= 4 is 28.2 Å². The van der Waals surface area contributed by atoms with Crippen LogP contribution in [-0.2, 0) is 17.6 Å². The van der Waals surface area contributed by atoms with Crippen LogP contribution >= 0.6 is 11.3 Å². The van der Waals surface area contributed by atoms with Crippen molar-refractivity contribution in [2.45, 2.75) is 33.1 Å². The molecule has 3 rings (SSSR count). The van der Waals surface area contributed by atoms with Crippen LogP contribution in [0.3, 0.4) is 0 Å². The molecule has 6 nitrogen and oxygen atoms in total. The Labute approximate surface area is 162 Å². The number of thiophene rings is 1. The maximum atomic E-state index is 12.4. The highest BCUT2D eigenvalue weighted by molar-refractivity contribution is 7.17. The first kappa shape index (κ1) is 19.2. The third-order valence-electron chi connectivity index (χ3n) is 4.69. The SMILES string of the molecule is COc1cc(C)ccc1OCC(=O)Nc1sc2c(c1C(N)=O)CC[C@H](C)C2. The molecule has 7 heteroatoms. The van der Waals surface area contributed by atoms with Crippen molar-refractivity contribution in [1.82, 2.24) is 0 Å². The van der Waals surface area contributed by atoms with Gasteiger partial charge in [-0.3, -0.25) is 9.59 Å². The number of nitrogens with two attached hydrogens (primary N) is 1. The molecule has 144 valence electrons. The number of hydrogen-bond acceptors (Lipinski definition) is 5. The molecule has 1 aliphatic rings. The van der Waals surface area contributed by atoms with Gasteiger partial charge in [0.25, 0.3) is 11.8 Å². The molecule has 0 aliphatic heterocycles. The van der Waals surface area contributed by atoms with Gasteiger partial charge in [-0.05, 0) is 55.4 Å². The molecule has 0 spiro atoms. The summed E-state index contributed by atoms with van der Waals surface area (Å²) in [4.78, 5) is 25.5. The average molecular weight is 388 g/mol. The molecule has 1 heterocycles. The van der Waals surface area contributed by atoms with Gasteiger partial charge in [0.05, 0.1) is 12.7 Å². The van der Waals surface area contributed by atoms with Gasteiger partial charge in [-0.1, -0.05) is 13.0 Å². The van der Waals surface area contributed by atoms with Crippen LogP contribution in [0, 0.1) is 12.8 Å². The molecule has 0 bridgehead atoms. The number of benzene rings is 1. The quantitative estimate of drug-likeness (QED) is 0.794. The molecule has 1 aromatic carbocycles. The summed E-state index contributed by atoms with van der Waals surface area (Å²) >= 11 is 1.44. The average Bonchev–Trinajstić information content (AvgIpc) is 2.97. The summed E-state index contributed by atoms with van der Waals surface area (Å²) in [6, 6.07) is 5.49. The number of nitrogens with one attached hydrogen (secondary N) is 1. The Hall–Kier alpha value is -2.54. The first-order chi connectivity index (χ1) is 12.9. The monoisotopic (exact) mass is 388 g/mol. The number of carbonyl (C=O) groups is 2. The van der Waals surface area contributed by atoms with Gasteiger partial charge in [0, 0.05) is 4.88 Å². The van der Waals surface area contributed by atoms with E-state index in [9.17, 15) is 9.59 Å². The minimum absolute atomic E-state index is 0.184. The van der Waals surface area contributed by atoms with Crippen LogP contribution in [0.2, 0.25) is 0 Å². The Morgan fingerprint density at radius 1 is 1.33 bits per heavy atom. The highest BCUT2D eigenvalue weighted by Crippen LogP contribution is 2.39. The van der Waals surface area contributed by atoms with Crippen molar-refractivity contribution < 1.29 is 19.1 Å². The summed E-state index contributed by atoms with van der Waals surface area (Å²) in [6.07, 6.45) is 2.75. The molecular weight excluding hydrogens is 364 g/mol. The summed E-state index contributed by atoms with van der Waals surface area (Å²) in [6.45, 7) is 3.95. The number of primary amides is 1. The van der Waals surface area contributed by atoms with Crippen molar-refractivity contribution in [1.29, 1.82) is 0 Å². The second-order valence-corrected chi connectivity index (χ2v) is 8.02. The Balaban J connectivity index is 1.72. The lowest BCUT2D eigenvalue weighted by Crippen LogP contribution is -2.22. The predicted molar refractivity (Wildman–Crippen MR) is 106 cm³/mol. The minimum atomic E-state index is -0.501. The zero-order valence-electron chi connectivity index (χ0n) is 15.8. The minimum Gasteiger partial charge on any atom is -0.493 e. The van der Waals surface area contributed by atoms with Gasteiger partial charge in [-0.15, -0.1) is 11.3 Å². The second-order valence-electron chi connectivity index (χ2n) is 6.91. The lowest BCUT2D eigenvalue weighted by molar-refractivity contribution is -0.118. The molecule has 1 aromatic heterocycles. The molecule has 2 amide bonds. The number of methoxy groups -OCH3 is 1. The smallest absolute Gasteiger partial charge is 0.262 e. The van der Waals surface area contributed by atoms with Crippen molar-refractivity contribution in [2.24, 2.45) is 11.7 Å². The van der Waals surface area contributed by atoms with Crippen LogP contribution in [0.5, 0.6) is 11.5 Å². The van der Waals surface area contributed by atoms with Crippen molar-refractivity contribution in [2.75, 3.05) is 19.0 Å². The number of fused-ring (bicyclic) bond motifs is 1. The maximum Gasteiger partial charge on any atom is 0.262 e. The van der Waals surface area contributed by atoms with E-state index in [2.05, 4.69) is 12.2 Å². The molecule has 0 saturated heterocycles. The molecule has 0 fully saturated rings. The standard InChI is InChI=1S/C20H24N2O4S/c1-11-5-7-14(15(8-11)25-3)26-10-17(23)22-20-18(19(21)24)13-6-4-12(2)9-16(13)27-20/h5,7-8,12H,4,6,9-10H2,1-3H3,(H2,21,24)(H,22,23)/t12-/m0/s1.